The Hall–Kier alpha value is -3.34. The Labute approximate surface area is 161 Å². The molecule has 2 aromatic heterocycles. The summed E-state index contributed by atoms with van der Waals surface area (Å²) in [5.41, 5.74) is -1.12. The van der Waals surface area contributed by atoms with Crippen LogP contribution in [-0.2, 0) is 16.9 Å². The van der Waals surface area contributed by atoms with E-state index in [2.05, 4.69) is 20.5 Å². The fraction of sp³-hybridized carbons (Fsp3) is 0.235. The van der Waals surface area contributed by atoms with E-state index in [0.717, 1.165) is 10.9 Å². The van der Waals surface area contributed by atoms with Gasteiger partial charge in [0, 0.05) is 5.56 Å². The summed E-state index contributed by atoms with van der Waals surface area (Å²) in [6.07, 6.45) is 1.13. The molecule has 4 rings (SSSR count). The summed E-state index contributed by atoms with van der Waals surface area (Å²) in [5, 5.41) is 21.1. The molecule has 2 N–H and O–H groups in total. The van der Waals surface area contributed by atoms with Gasteiger partial charge < -0.3 is 15.2 Å². The van der Waals surface area contributed by atoms with E-state index in [4.69, 9.17) is 9.84 Å². The zero-order chi connectivity index (χ0) is 19.9. The number of nitrogens with zero attached hydrogens (tertiary/aromatic N) is 4. The minimum absolute atomic E-state index is 0.0418. The summed E-state index contributed by atoms with van der Waals surface area (Å²) in [5.74, 6) is -1.49. The molecular weight excluding hydrogens is 389 g/mol. The van der Waals surface area contributed by atoms with Crippen LogP contribution in [0, 0.1) is 5.82 Å². The summed E-state index contributed by atoms with van der Waals surface area (Å²) in [4.78, 5) is 27.5. The Morgan fingerprint density at radius 2 is 2.21 bits per heavy atom. The van der Waals surface area contributed by atoms with E-state index in [1.807, 2.05) is 0 Å². The Kier molecular flexibility index (Phi) is 4.30. The molecule has 0 saturated heterocycles. The predicted molar refractivity (Wildman–Crippen MR) is 97.9 cm³/mol. The third kappa shape index (κ3) is 3.09. The largest absolute Gasteiger partial charge is 0.480 e. The van der Waals surface area contributed by atoms with Crippen LogP contribution < -0.4 is 15.6 Å². The van der Waals surface area contributed by atoms with Crippen LogP contribution in [0.15, 0.2) is 35.4 Å². The number of hydrogen-bond donors (Lipinski definition) is 2. The fourth-order valence-corrected chi connectivity index (χ4v) is 3.74. The first kappa shape index (κ1) is 18.0. The second kappa shape index (κ2) is 6.68. The van der Waals surface area contributed by atoms with Gasteiger partial charge in [0.15, 0.2) is 10.7 Å². The molecule has 0 saturated carbocycles. The molecule has 1 aliphatic heterocycles. The highest BCUT2D eigenvalue weighted by Crippen LogP contribution is 2.37. The van der Waals surface area contributed by atoms with Gasteiger partial charge in [-0.25, -0.2) is 9.37 Å². The number of carbonyl (C=O) groups is 1. The molecule has 28 heavy (non-hydrogen) atoms. The molecule has 1 aromatic carbocycles. The van der Waals surface area contributed by atoms with Crippen LogP contribution in [-0.4, -0.2) is 37.4 Å². The highest BCUT2D eigenvalue weighted by Gasteiger charge is 2.38. The van der Waals surface area contributed by atoms with Gasteiger partial charge in [0.25, 0.3) is 5.56 Å². The van der Waals surface area contributed by atoms with Crippen molar-refractivity contribution < 1.29 is 19.0 Å². The van der Waals surface area contributed by atoms with E-state index in [1.54, 1.807) is 25.1 Å². The van der Waals surface area contributed by atoms with E-state index in [-0.39, 0.29) is 18.2 Å². The van der Waals surface area contributed by atoms with Gasteiger partial charge in [0.1, 0.15) is 35.8 Å². The van der Waals surface area contributed by atoms with Gasteiger partial charge in [-0.1, -0.05) is 23.5 Å². The molecule has 0 amide bonds. The number of carboxylic acids is 1. The number of halogens is 1. The molecule has 0 spiro atoms. The van der Waals surface area contributed by atoms with Gasteiger partial charge in [0.2, 0.25) is 5.88 Å². The standard InChI is InChI=1S/C17H14FN5O4S/c1-17(16-22-21-14(28-16)9-4-2-3-5-10(9)18)7-27-13-12(20-17)15(26)23(8-19-13)6-11(24)25/h2-5,8,20H,6-7H2,1H3,(H,24,25)/t17-/m0/s1. The molecule has 9 nitrogen and oxygen atoms in total. The van der Waals surface area contributed by atoms with E-state index < -0.39 is 29.4 Å². The normalized spacial score (nSPS) is 18.1. The predicted octanol–water partition coefficient (Wildman–Crippen LogP) is 1.71. The number of aliphatic carboxylic acids is 1. The van der Waals surface area contributed by atoms with Gasteiger partial charge >= 0.3 is 5.97 Å². The smallest absolute Gasteiger partial charge is 0.323 e. The number of carboxylic acid groups (broad SMARTS) is 1. The summed E-state index contributed by atoms with van der Waals surface area (Å²) < 4.78 is 20.6. The molecule has 0 fully saturated rings. The van der Waals surface area contributed by atoms with Crippen LogP contribution in [0.4, 0.5) is 10.1 Å². The number of aromatic nitrogens is 4. The van der Waals surface area contributed by atoms with Crippen LogP contribution in [0.1, 0.15) is 11.9 Å². The van der Waals surface area contributed by atoms with Crippen molar-refractivity contribution in [3.05, 3.63) is 51.8 Å². The van der Waals surface area contributed by atoms with Crippen molar-refractivity contribution in [3.8, 4) is 16.5 Å². The molecule has 144 valence electrons. The molecule has 11 heteroatoms. The average molecular weight is 403 g/mol. The number of hydrogen-bond acceptors (Lipinski definition) is 8. The number of ether oxygens (including phenoxy) is 1. The van der Waals surface area contributed by atoms with E-state index >= 15 is 0 Å². The Morgan fingerprint density at radius 1 is 1.43 bits per heavy atom. The third-order valence-electron chi connectivity index (χ3n) is 4.21. The molecule has 3 aromatic rings. The fourth-order valence-electron chi connectivity index (χ4n) is 2.78. The van der Waals surface area contributed by atoms with Gasteiger partial charge in [0.05, 0.1) is 0 Å². The second-order valence-electron chi connectivity index (χ2n) is 6.39. The van der Waals surface area contributed by atoms with Crippen molar-refractivity contribution in [3.63, 3.8) is 0 Å². The maximum Gasteiger partial charge on any atom is 0.323 e. The minimum atomic E-state index is -1.16. The molecule has 0 aliphatic carbocycles. The Morgan fingerprint density at radius 3 is 2.96 bits per heavy atom. The highest BCUT2D eigenvalue weighted by atomic mass is 32.1. The van der Waals surface area contributed by atoms with Crippen molar-refractivity contribution in [2.24, 2.45) is 0 Å². The zero-order valence-corrected chi connectivity index (χ0v) is 15.4. The van der Waals surface area contributed by atoms with Crippen molar-refractivity contribution in [2.75, 3.05) is 11.9 Å². The molecule has 3 heterocycles. The third-order valence-corrected chi connectivity index (χ3v) is 5.43. The average Bonchev–Trinajstić information content (AvgIpc) is 3.15. The first-order chi connectivity index (χ1) is 13.4. The molecule has 0 radical (unpaired) electrons. The van der Waals surface area contributed by atoms with E-state index in [9.17, 15) is 14.0 Å². The maximum absolute atomic E-state index is 14.0. The quantitative estimate of drug-likeness (QED) is 0.676. The second-order valence-corrected chi connectivity index (χ2v) is 7.37. The summed E-state index contributed by atoms with van der Waals surface area (Å²) in [6, 6.07) is 6.24. The maximum atomic E-state index is 14.0. The van der Waals surface area contributed by atoms with Gasteiger partial charge in [-0.15, -0.1) is 10.2 Å². The first-order valence-electron chi connectivity index (χ1n) is 8.18. The van der Waals surface area contributed by atoms with Gasteiger partial charge in [-0.3, -0.25) is 14.2 Å². The topological polar surface area (TPSA) is 119 Å². The Bertz CT molecular complexity index is 1130. The van der Waals surface area contributed by atoms with Crippen LogP contribution in [0.25, 0.3) is 10.6 Å². The lowest BCUT2D eigenvalue weighted by Crippen LogP contribution is -2.44. The van der Waals surface area contributed by atoms with Crippen LogP contribution >= 0.6 is 11.3 Å². The van der Waals surface area contributed by atoms with Gasteiger partial charge in [-0.05, 0) is 19.1 Å². The minimum Gasteiger partial charge on any atom is -0.480 e. The van der Waals surface area contributed by atoms with Gasteiger partial charge in [-0.2, -0.15) is 0 Å². The van der Waals surface area contributed by atoms with Crippen LogP contribution in [0.5, 0.6) is 5.88 Å². The van der Waals surface area contributed by atoms with Crippen molar-refractivity contribution >= 4 is 23.0 Å². The van der Waals surface area contributed by atoms with Crippen molar-refractivity contribution in [1.29, 1.82) is 0 Å². The Balaban J connectivity index is 1.69. The lowest BCUT2D eigenvalue weighted by atomic mass is 10.0. The summed E-state index contributed by atoms with van der Waals surface area (Å²) in [6.45, 7) is 1.35. The molecule has 1 atom stereocenters. The summed E-state index contributed by atoms with van der Waals surface area (Å²) in [7, 11) is 0. The van der Waals surface area contributed by atoms with Crippen LogP contribution in [0.3, 0.4) is 0 Å². The molecule has 0 bridgehead atoms. The van der Waals surface area contributed by atoms with E-state index in [0.29, 0.717) is 15.6 Å². The van der Waals surface area contributed by atoms with E-state index in [1.165, 1.54) is 17.4 Å². The highest BCUT2D eigenvalue weighted by molar-refractivity contribution is 7.14. The molecule has 1 aliphatic rings. The lowest BCUT2D eigenvalue weighted by Gasteiger charge is -2.33. The SMILES string of the molecule is C[C@@]1(c2nnc(-c3ccccc3F)s2)COc2ncn(CC(=O)O)c(=O)c2N1. The summed E-state index contributed by atoms with van der Waals surface area (Å²) >= 11 is 1.17. The first-order valence-corrected chi connectivity index (χ1v) is 9.00. The van der Waals surface area contributed by atoms with Crippen molar-refractivity contribution in [1.82, 2.24) is 19.7 Å². The van der Waals surface area contributed by atoms with Crippen LogP contribution in [0.2, 0.25) is 0 Å². The monoisotopic (exact) mass is 403 g/mol. The lowest BCUT2D eigenvalue weighted by molar-refractivity contribution is -0.137. The number of fused-ring (bicyclic) bond motifs is 1. The number of nitrogens with one attached hydrogen (secondary N) is 1. The molecule has 0 unspecified atom stereocenters. The zero-order valence-electron chi connectivity index (χ0n) is 14.5. The number of benzene rings is 1. The number of anilines is 1. The molecular formula is C17H14FN5O4S. The van der Waals surface area contributed by atoms with Crippen molar-refractivity contribution in [2.45, 2.75) is 19.0 Å². The number of rotatable bonds is 4.